The standard InChI is InChI=1S/C18H22N4O3S/c1-22(2)8-7-11(10-22)25-14-6-4-3-5-12(14)15-9-13(16(19)23)17(26-15)21-18(20)24/h3-6,9,11H,7-8,10H2,1-2H3,(H4-,19,20,21,23,24)/p+1. The average molecular weight is 375 g/mol. The van der Waals surface area contributed by atoms with Gasteiger partial charge in [0, 0.05) is 16.9 Å². The molecule has 0 bridgehead atoms. The predicted molar refractivity (Wildman–Crippen MR) is 102 cm³/mol. The molecular formula is C18H23N4O3S+. The third-order valence-electron chi connectivity index (χ3n) is 4.43. The van der Waals surface area contributed by atoms with E-state index in [-0.39, 0.29) is 11.7 Å². The summed E-state index contributed by atoms with van der Waals surface area (Å²) in [7, 11) is 4.38. The summed E-state index contributed by atoms with van der Waals surface area (Å²) in [4.78, 5) is 23.7. The molecule has 2 heterocycles. The number of primary amides is 2. The number of urea groups is 1. The van der Waals surface area contributed by atoms with Gasteiger partial charge in [0.25, 0.3) is 5.91 Å². The number of ether oxygens (including phenoxy) is 1. The number of para-hydroxylation sites is 1. The molecule has 1 atom stereocenters. The van der Waals surface area contributed by atoms with Gasteiger partial charge in [-0.2, -0.15) is 0 Å². The van der Waals surface area contributed by atoms with Crippen molar-refractivity contribution >= 4 is 28.3 Å². The Balaban J connectivity index is 1.92. The first kappa shape index (κ1) is 18.2. The van der Waals surface area contributed by atoms with Crippen LogP contribution in [0.15, 0.2) is 30.3 Å². The highest BCUT2D eigenvalue weighted by Crippen LogP contribution is 2.40. The van der Waals surface area contributed by atoms with Crippen molar-refractivity contribution in [1.29, 1.82) is 0 Å². The molecule has 5 N–H and O–H groups in total. The van der Waals surface area contributed by atoms with Gasteiger partial charge in [0.1, 0.15) is 17.3 Å². The molecular weight excluding hydrogens is 352 g/mol. The van der Waals surface area contributed by atoms with Crippen molar-refractivity contribution in [3.63, 3.8) is 0 Å². The van der Waals surface area contributed by atoms with Crippen LogP contribution >= 0.6 is 11.3 Å². The Kier molecular flexibility index (Phi) is 4.88. The molecule has 0 saturated carbocycles. The summed E-state index contributed by atoms with van der Waals surface area (Å²) in [6.45, 7) is 2.02. The summed E-state index contributed by atoms with van der Waals surface area (Å²) in [6, 6.07) is 8.58. The highest BCUT2D eigenvalue weighted by atomic mass is 32.1. The third kappa shape index (κ3) is 3.97. The van der Waals surface area contributed by atoms with E-state index in [9.17, 15) is 9.59 Å². The molecule has 2 aromatic rings. The topological polar surface area (TPSA) is 107 Å². The summed E-state index contributed by atoms with van der Waals surface area (Å²) in [5, 5.41) is 2.80. The van der Waals surface area contributed by atoms with Crippen LogP contribution in [-0.4, -0.2) is 49.7 Å². The lowest BCUT2D eigenvalue weighted by Crippen LogP contribution is -2.38. The molecule has 1 saturated heterocycles. The number of quaternary nitrogens is 1. The summed E-state index contributed by atoms with van der Waals surface area (Å²) < 4.78 is 7.18. The lowest BCUT2D eigenvalue weighted by Gasteiger charge is -2.23. The maximum atomic E-state index is 11.7. The zero-order valence-corrected chi connectivity index (χ0v) is 15.6. The second-order valence-corrected chi connectivity index (χ2v) is 8.13. The monoisotopic (exact) mass is 375 g/mol. The Labute approximate surface area is 156 Å². The molecule has 3 rings (SSSR count). The summed E-state index contributed by atoms with van der Waals surface area (Å²) in [5.41, 5.74) is 11.7. The van der Waals surface area contributed by atoms with Crippen molar-refractivity contribution in [1.82, 2.24) is 0 Å². The average Bonchev–Trinajstić information content (AvgIpc) is 3.10. The van der Waals surface area contributed by atoms with Crippen molar-refractivity contribution in [2.75, 3.05) is 32.5 Å². The highest BCUT2D eigenvalue weighted by molar-refractivity contribution is 7.20. The number of nitrogens with two attached hydrogens (primary N) is 2. The quantitative estimate of drug-likeness (QED) is 0.698. The molecule has 138 valence electrons. The van der Waals surface area contributed by atoms with Crippen LogP contribution in [0.5, 0.6) is 5.75 Å². The Morgan fingerprint density at radius 1 is 1.27 bits per heavy atom. The van der Waals surface area contributed by atoms with E-state index in [4.69, 9.17) is 16.2 Å². The minimum absolute atomic E-state index is 0.143. The van der Waals surface area contributed by atoms with E-state index in [1.54, 1.807) is 6.07 Å². The first-order valence-electron chi connectivity index (χ1n) is 8.33. The number of nitrogens with one attached hydrogen (secondary N) is 1. The molecule has 1 aromatic carbocycles. The van der Waals surface area contributed by atoms with Crippen LogP contribution in [0.3, 0.4) is 0 Å². The Hall–Kier alpha value is -2.58. The summed E-state index contributed by atoms with van der Waals surface area (Å²) in [6.07, 6.45) is 1.14. The number of hydrogen-bond acceptors (Lipinski definition) is 4. The Morgan fingerprint density at radius 2 is 2.00 bits per heavy atom. The predicted octanol–water partition coefficient (Wildman–Crippen LogP) is 2.23. The molecule has 1 unspecified atom stereocenters. The first-order valence-corrected chi connectivity index (χ1v) is 9.15. The van der Waals surface area contributed by atoms with E-state index in [2.05, 4.69) is 19.4 Å². The van der Waals surface area contributed by atoms with Gasteiger partial charge in [-0.1, -0.05) is 12.1 Å². The van der Waals surface area contributed by atoms with Crippen LogP contribution in [0, 0.1) is 0 Å². The zero-order valence-electron chi connectivity index (χ0n) is 14.8. The second-order valence-electron chi connectivity index (χ2n) is 7.07. The molecule has 0 spiro atoms. The largest absolute Gasteiger partial charge is 0.484 e. The number of likely N-dealkylation sites (tertiary alicyclic amines) is 1. The van der Waals surface area contributed by atoms with Crippen molar-refractivity contribution < 1.29 is 18.8 Å². The van der Waals surface area contributed by atoms with E-state index in [0.29, 0.717) is 5.00 Å². The number of hydrogen-bond donors (Lipinski definition) is 3. The number of benzene rings is 1. The van der Waals surface area contributed by atoms with Crippen LogP contribution in [0.25, 0.3) is 10.4 Å². The lowest BCUT2D eigenvalue weighted by molar-refractivity contribution is -0.879. The number of carbonyl (C=O) groups is 2. The van der Waals surface area contributed by atoms with Crippen molar-refractivity contribution in [2.24, 2.45) is 11.5 Å². The highest BCUT2D eigenvalue weighted by Gasteiger charge is 2.32. The number of likely N-dealkylation sites (N-methyl/N-ethyl adjacent to an activating group) is 1. The van der Waals surface area contributed by atoms with Gasteiger partial charge in [-0.25, -0.2) is 4.79 Å². The van der Waals surface area contributed by atoms with Crippen molar-refractivity contribution in [2.45, 2.75) is 12.5 Å². The number of nitrogens with zero attached hydrogens (tertiary/aromatic N) is 1. The normalized spacial score (nSPS) is 18.5. The molecule has 8 heteroatoms. The van der Waals surface area contributed by atoms with E-state index in [1.807, 2.05) is 24.3 Å². The first-order chi connectivity index (χ1) is 12.2. The zero-order chi connectivity index (χ0) is 18.9. The molecule has 3 amide bonds. The molecule has 1 fully saturated rings. The number of carbonyl (C=O) groups excluding carboxylic acids is 2. The number of amides is 3. The molecule has 26 heavy (non-hydrogen) atoms. The summed E-state index contributed by atoms with van der Waals surface area (Å²) >= 11 is 1.24. The van der Waals surface area contributed by atoms with Gasteiger partial charge >= 0.3 is 6.03 Å². The minimum atomic E-state index is -0.739. The van der Waals surface area contributed by atoms with Gasteiger partial charge in [0.15, 0.2) is 6.10 Å². The minimum Gasteiger partial charge on any atom is -0.484 e. The molecule has 1 aliphatic heterocycles. The fourth-order valence-electron chi connectivity index (χ4n) is 3.19. The molecule has 1 aliphatic rings. The maximum Gasteiger partial charge on any atom is 0.317 e. The van der Waals surface area contributed by atoms with Gasteiger partial charge in [-0.3, -0.25) is 10.1 Å². The number of rotatable bonds is 5. The van der Waals surface area contributed by atoms with Gasteiger partial charge in [0.05, 0.1) is 26.2 Å². The van der Waals surface area contributed by atoms with Gasteiger partial charge in [-0.05, 0) is 18.2 Å². The van der Waals surface area contributed by atoms with E-state index >= 15 is 0 Å². The van der Waals surface area contributed by atoms with Gasteiger partial charge < -0.3 is 20.7 Å². The van der Waals surface area contributed by atoms with E-state index < -0.39 is 11.9 Å². The van der Waals surface area contributed by atoms with Crippen molar-refractivity contribution in [3.8, 4) is 16.2 Å². The molecule has 1 aromatic heterocycles. The smallest absolute Gasteiger partial charge is 0.317 e. The SMILES string of the molecule is C[N+]1(C)CCC(Oc2ccccc2-c2cc(C(N)=O)c(NC(N)=O)s2)C1. The maximum absolute atomic E-state index is 11.7. The molecule has 0 aliphatic carbocycles. The van der Waals surface area contributed by atoms with Crippen LogP contribution in [0.4, 0.5) is 9.80 Å². The van der Waals surface area contributed by atoms with Gasteiger partial charge in [0.2, 0.25) is 0 Å². The second kappa shape index (κ2) is 6.97. The Morgan fingerprint density at radius 3 is 2.62 bits per heavy atom. The summed E-state index contributed by atoms with van der Waals surface area (Å²) in [5.74, 6) is 0.131. The van der Waals surface area contributed by atoms with Crippen molar-refractivity contribution in [3.05, 3.63) is 35.9 Å². The number of thiophene rings is 1. The fourth-order valence-corrected chi connectivity index (χ4v) is 4.28. The Bertz CT molecular complexity index is 847. The van der Waals surface area contributed by atoms with E-state index in [0.717, 1.165) is 40.2 Å². The van der Waals surface area contributed by atoms with E-state index in [1.165, 1.54) is 11.3 Å². The lowest BCUT2D eigenvalue weighted by atomic mass is 10.1. The molecule has 7 nitrogen and oxygen atoms in total. The van der Waals surface area contributed by atoms with Crippen LogP contribution in [-0.2, 0) is 0 Å². The van der Waals surface area contributed by atoms with Crippen LogP contribution in [0.1, 0.15) is 16.8 Å². The van der Waals surface area contributed by atoms with Crippen LogP contribution < -0.4 is 21.5 Å². The van der Waals surface area contributed by atoms with Gasteiger partial charge in [-0.15, -0.1) is 11.3 Å². The fraction of sp³-hybridized carbons (Fsp3) is 0.333. The molecule has 0 radical (unpaired) electrons. The third-order valence-corrected chi connectivity index (χ3v) is 5.52. The number of anilines is 1. The van der Waals surface area contributed by atoms with Crippen LogP contribution in [0.2, 0.25) is 0 Å².